The second kappa shape index (κ2) is 6.54. The number of nitrogens with one attached hydrogen (secondary N) is 1. The molecule has 0 amide bonds. The van der Waals surface area contributed by atoms with Gasteiger partial charge < -0.3 is 19.7 Å². The van der Waals surface area contributed by atoms with Gasteiger partial charge in [0.25, 0.3) is 0 Å². The molecule has 0 unspecified atom stereocenters. The minimum Gasteiger partial charge on any atom is -0.395 e. The van der Waals surface area contributed by atoms with Crippen molar-refractivity contribution in [1.82, 2.24) is 9.88 Å². The highest BCUT2D eigenvalue weighted by molar-refractivity contribution is 5.83. The summed E-state index contributed by atoms with van der Waals surface area (Å²) >= 11 is 0. The fourth-order valence-electron chi connectivity index (χ4n) is 2.15. The largest absolute Gasteiger partial charge is 0.395 e. The first-order chi connectivity index (χ1) is 8.86. The Labute approximate surface area is 107 Å². The lowest BCUT2D eigenvalue weighted by Crippen LogP contribution is -2.18. The fraction of sp³-hybridized carbons (Fsp3) is 0.429. The van der Waals surface area contributed by atoms with Gasteiger partial charge in [0.1, 0.15) is 0 Å². The molecular formula is C14H20N2O2. The fourth-order valence-corrected chi connectivity index (χ4v) is 2.15. The van der Waals surface area contributed by atoms with Gasteiger partial charge in [-0.15, -0.1) is 0 Å². The Morgan fingerprint density at radius 2 is 2.17 bits per heavy atom. The summed E-state index contributed by atoms with van der Waals surface area (Å²) in [4.78, 5) is 0. The van der Waals surface area contributed by atoms with Gasteiger partial charge in [-0.1, -0.05) is 18.2 Å². The molecule has 0 bridgehead atoms. The van der Waals surface area contributed by atoms with Gasteiger partial charge in [0.15, 0.2) is 0 Å². The van der Waals surface area contributed by atoms with Crippen molar-refractivity contribution in [3.05, 3.63) is 36.0 Å². The van der Waals surface area contributed by atoms with Crippen LogP contribution in [-0.4, -0.2) is 36.5 Å². The Hall–Kier alpha value is -1.36. The lowest BCUT2D eigenvalue weighted by Gasteiger charge is -2.02. The smallest absolute Gasteiger partial charge is 0.0610 e. The first-order valence-electron chi connectivity index (χ1n) is 6.24. The number of fused-ring (bicyclic) bond motifs is 1. The average molecular weight is 248 g/mol. The van der Waals surface area contributed by atoms with Crippen LogP contribution >= 0.6 is 0 Å². The van der Waals surface area contributed by atoms with Crippen molar-refractivity contribution >= 4 is 10.9 Å². The standard InChI is InChI=1S/C14H20N2O2/c1-18-9-6-15-10-12-11-16(7-8-17)14-5-3-2-4-13(12)14/h2-5,11,15,17H,6-10H2,1H3. The van der Waals surface area contributed by atoms with Gasteiger partial charge >= 0.3 is 0 Å². The lowest BCUT2D eigenvalue weighted by molar-refractivity contribution is 0.199. The third-order valence-corrected chi connectivity index (χ3v) is 3.01. The molecule has 98 valence electrons. The summed E-state index contributed by atoms with van der Waals surface area (Å²) in [5.41, 5.74) is 2.44. The van der Waals surface area contributed by atoms with E-state index in [9.17, 15) is 0 Å². The summed E-state index contributed by atoms with van der Waals surface area (Å²) in [6.07, 6.45) is 2.11. The van der Waals surface area contributed by atoms with E-state index in [0.29, 0.717) is 6.54 Å². The number of nitrogens with zero attached hydrogens (tertiary/aromatic N) is 1. The average Bonchev–Trinajstić information content (AvgIpc) is 2.74. The Bertz CT molecular complexity index is 493. The van der Waals surface area contributed by atoms with Crippen LogP contribution in [0.1, 0.15) is 5.56 Å². The van der Waals surface area contributed by atoms with Crippen LogP contribution in [-0.2, 0) is 17.8 Å². The van der Waals surface area contributed by atoms with Gasteiger partial charge in [0.2, 0.25) is 0 Å². The van der Waals surface area contributed by atoms with E-state index in [2.05, 4.69) is 28.2 Å². The van der Waals surface area contributed by atoms with Crippen molar-refractivity contribution in [3.63, 3.8) is 0 Å². The molecule has 1 aromatic heterocycles. The molecule has 0 saturated heterocycles. The van der Waals surface area contributed by atoms with Crippen LogP contribution in [0.5, 0.6) is 0 Å². The molecule has 4 heteroatoms. The zero-order valence-electron chi connectivity index (χ0n) is 10.7. The molecule has 2 N–H and O–H groups in total. The molecular weight excluding hydrogens is 228 g/mol. The zero-order valence-corrected chi connectivity index (χ0v) is 10.7. The highest BCUT2D eigenvalue weighted by Gasteiger charge is 2.06. The van der Waals surface area contributed by atoms with E-state index in [1.807, 2.05) is 12.1 Å². The number of benzene rings is 1. The molecule has 0 atom stereocenters. The van der Waals surface area contributed by atoms with Crippen LogP contribution in [0.15, 0.2) is 30.5 Å². The summed E-state index contributed by atoms with van der Waals surface area (Å²) in [6, 6.07) is 8.28. The zero-order chi connectivity index (χ0) is 12.8. The Balaban J connectivity index is 2.16. The van der Waals surface area contributed by atoms with Crippen LogP contribution in [0.4, 0.5) is 0 Å². The topological polar surface area (TPSA) is 46.4 Å². The van der Waals surface area contributed by atoms with E-state index >= 15 is 0 Å². The molecule has 1 heterocycles. The number of rotatable bonds is 7. The van der Waals surface area contributed by atoms with Gasteiger partial charge in [0, 0.05) is 43.8 Å². The minimum atomic E-state index is 0.162. The van der Waals surface area contributed by atoms with Crippen molar-refractivity contribution in [2.24, 2.45) is 0 Å². The summed E-state index contributed by atoms with van der Waals surface area (Å²) in [5, 5.41) is 13.7. The van der Waals surface area contributed by atoms with E-state index < -0.39 is 0 Å². The first kappa shape index (κ1) is 13.1. The monoisotopic (exact) mass is 248 g/mol. The molecule has 0 spiro atoms. The maximum absolute atomic E-state index is 9.08. The maximum atomic E-state index is 9.08. The van der Waals surface area contributed by atoms with Gasteiger partial charge in [-0.05, 0) is 11.6 Å². The molecule has 0 saturated carbocycles. The number of ether oxygens (including phenoxy) is 1. The van der Waals surface area contributed by atoms with E-state index in [0.717, 1.165) is 19.7 Å². The Morgan fingerprint density at radius 1 is 1.33 bits per heavy atom. The molecule has 2 aromatic rings. The van der Waals surface area contributed by atoms with Crippen LogP contribution in [0.3, 0.4) is 0 Å². The molecule has 0 fully saturated rings. The minimum absolute atomic E-state index is 0.162. The molecule has 0 aliphatic carbocycles. The maximum Gasteiger partial charge on any atom is 0.0610 e. The molecule has 1 aromatic carbocycles. The van der Waals surface area contributed by atoms with E-state index in [1.54, 1.807) is 7.11 Å². The van der Waals surface area contributed by atoms with Gasteiger partial charge in [-0.3, -0.25) is 0 Å². The molecule has 4 nitrogen and oxygen atoms in total. The predicted octanol–water partition coefficient (Wildman–Crippen LogP) is 1.37. The van der Waals surface area contributed by atoms with Crippen LogP contribution < -0.4 is 5.32 Å². The summed E-state index contributed by atoms with van der Waals surface area (Å²) in [6.45, 7) is 3.18. The number of methoxy groups -OCH3 is 1. The van der Waals surface area contributed by atoms with E-state index in [1.165, 1.54) is 16.5 Å². The normalized spacial score (nSPS) is 11.2. The van der Waals surface area contributed by atoms with E-state index in [-0.39, 0.29) is 6.61 Å². The highest BCUT2D eigenvalue weighted by Crippen LogP contribution is 2.20. The molecule has 18 heavy (non-hydrogen) atoms. The van der Waals surface area contributed by atoms with Crippen molar-refractivity contribution in [2.75, 3.05) is 26.9 Å². The first-order valence-corrected chi connectivity index (χ1v) is 6.24. The van der Waals surface area contributed by atoms with Crippen LogP contribution in [0.2, 0.25) is 0 Å². The van der Waals surface area contributed by atoms with Gasteiger partial charge in [-0.2, -0.15) is 0 Å². The molecule has 0 radical (unpaired) electrons. The second-order valence-electron chi connectivity index (χ2n) is 4.26. The lowest BCUT2D eigenvalue weighted by atomic mass is 10.2. The van der Waals surface area contributed by atoms with Gasteiger partial charge in [-0.25, -0.2) is 0 Å². The molecule has 0 aliphatic rings. The number of aromatic nitrogens is 1. The summed E-state index contributed by atoms with van der Waals surface area (Å²) in [7, 11) is 1.70. The number of aliphatic hydroxyl groups excluding tert-OH is 1. The van der Waals surface area contributed by atoms with Crippen molar-refractivity contribution < 1.29 is 9.84 Å². The highest BCUT2D eigenvalue weighted by atomic mass is 16.5. The summed E-state index contributed by atoms with van der Waals surface area (Å²) in [5.74, 6) is 0. The summed E-state index contributed by atoms with van der Waals surface area (Å²) < 4.78 is 7.11. The van der Waals surface area contributed by atoms with Crippen molar-refractivity contribution in [1.29, 1.82) is 0 Å². The van der Waals surface area contributed by atoms with Crippen LogP contribution in [0.25, 0.3) is 10.9 Å². The number of hydrogen-bond acceptors (Lipinski definition) is 3. The molecule has 2 rings (SSSR count). The SMILES string of the molecule is COCCNCc1cn(CCO)c2ccccc12. The third kappa shape index (κ3) is 2.90. The van der Waals surface area contributed by atoms with Crippen LogP contribution in [0, 0.1) is 0 Å². The van der Waals surface area contributed by atoms with Crippen molar-refractivity contribution in [2.45, 2.75) is 13.1 Å². The number of para-hydroxylation sites is 1. The third-order valence-electron chi connectivity index (χ3n) is 3.01. The Morgan fingerprint density at radius 3 is 2.94 bits per heavy atom. The number of hydrogen-bond donors (Lipinski definition) is 2. The van der Waals surface area contributed by atoms with Crippen molar-refractivity contribution in [3.8, 4) is 0 Å². The van der Waals surface area contributed by atoms with E-state index in [4.69, 9.17) is 9.84 Å². The van der Waals surface area contributed by atoms with Gasteiger partial charge in [0.05, 0.1) is 13.2 Å². The number of aliphatic hydroxyl groups is 1. The predicted molar refractivity (Wildman–Crippen MR) is 72.6 cm³/mol. The Kier molecular flexibility index (Phi) is 4.75. The second-order valence-corrected chi connectivity index (χ2v) is 4.26. The molecule has 0 aliphatic heterocycles. The quantitative estimate of drug-likeness (QED) is 0.728.